The number of anilines is 2. The van der Waals surface area contributed by atoms with E-state index in [2.05, 4.69) is 12.1 Å². The van der Waals surface area contributed by atoms with Crippen LogP contribution in [0, 0.1) is 0 Å². The molecule has 0 saturated carbocycles. The molecule has 1 atom stereocenters. The number of furan rings is 1. The van der Waals surface area contributed by atoms with E-state index in [4.69, 9.17) is 4.42 Å². The fourth-order valence-corrected chi connectivity index (χ4v) is 4.68. The Labute approximate surface area is 155 Å². The molecule has 2 aromatic carbocycles. The van der Waals surface area contributed by atoms with E-state index >= 15 is 0 Å². The Hall–Kier alpha value is -2.11. The standard InChI is InChI=1S/C20H17NO2S2/c1-14(24-13-15-7-6-12-23-15)20(22)21-16-8-2-4-10-18(16)25-19-11-5-3-9-17(19)21/h2-12,14H,13H2,1H3. The fraction of sp³-hybridized carbons (Fsp3) is 0.150. The van der Waals surface area contributed by atoms with Crippen molar-refractivity contribution >= 4 is 40.8 Å². The first-order valence-electron chi connectivity index (χ1n) is 8.08. The summed E-state index contributed by atoms with van der Waals surface area (Å²) in [5.74, 6) is 1.67. The molecule has 25 heavy (non-hydrogen) atoms. The first-order chi connectivity index (χ1) is 12.2. The Morgan fingerprint density at radius 2 is 1.68 bits per heavy atom. The van der Waals surface area contributed by atoms with Crippen LogP contribution in [0.15, 0.2) is 81.1 Å². The van der Waals surface area contributed by atoms with E-state index in [0.29, 0.717) is 5.75 Å². The summed E-state index contributed by atoms with van der Waals surface area (Å²) in [7, 11) is 0. The van der Waals surface area contributed by atoms with E-state index in [1.54, 1.807) is 29.8 Å². The third kappa shape index (κ3) is 3.22. The molecule has 4 rings (SSSR count). The van der Waals surface area contributed by atoms with Crippen molar-refractivity contribution in [2.45, 2.75) is 27.7 Å². The van der Waals surface area contributed by atoms with Gasteiger partial charge < -0.3 is 4.42 Å². The Kier molecular flexibility index (Phi) is 4.59. The first-order valence-corrected chi connectivity index (χ1v) is 9.94. The highest BCUT2D eigenvalue weighted by molar-refractivity contribution is 8.00. The van der Waals surface area contributed by atoms with Crippen molar-refractivity contribution in [2.24, 2.45) is 0 Å². The molecule has 0 radical (unpaired) electrons. The SMILES string of the molecule is CC(SCc1ccco1)C(=O)N1c2ccccc2Sc2ccccc21. The Bertz CT molecular complexity index is 847. The fourth-order valence-electron chi connectivity index (χ4n) is 2.80. The van der Waals surface area contributed by atoms with Gasteiger partial charge in [0.15, 0.2) is 0 Å². The molecule has 0 saturated heterocycles. The number of hydrogen-bond acceptors (Lipinski definition) is 4. The molecule has 126 valence electrons. The maximum atomic E-state index is 13.2. The largest absolute Gasteiger partial charge is 0.468 e. The maximum absolute atomic E-state index is 13.2. The summed E-state index contributed by atoms with van der Waals surface area (Å²) in [6.45, 7) is 1.96. The van der Waals surface area contributed by atoms with Gasteiger partial charge in [0.1, 0.15) is 5.76 Å². The number of hydrogen-bond donors (Lipinski definition) is 0. The number of thioether (sulfide) groups is 1. The van der Waals surface area contributed by atoms with E-state index in [1.807, 2.05) is 60.4 Å². The molecule has 3 aromatic rings. The molecule has 0 aliphatic carbocycles. The quantitative estimate of drug-likeness (QED) is 0.589. The minimum absolute atomic E-state index is 0.0942. The number of carbonyl (C=O) groups is 1. The lowest BCUT2D eigenvalue weighted by Crippen LogP contribution is -2.34. The number of amides is 1. The van der Waals surface area contributed by atoms with Crippen LogP contribution < -0.4 is 4.90 Å². The molecular formula is C20H17NO2S2. The van der Waals surface area contributed by atoms with Gasteiger partial charge in [0.05, 0.1) is 28.6 Å². The van der Waals surface area contributed by atoms with Gasteiger partial charge in [-0.3, -0.25) is 9.69 Å². The van der Waals surface area contributed by atoms with Crippen LogP contribution in [-0.2, 0) is 10.5 Å². The van der Waals surface area contributed by atoms with Crippen molar-refractivity contribution in [1.82, 2.24) is 0 Å². The molecular weight excluding hydrogens is 350 g/mol. The average molecular weight is 367 g/mol. The van der Waals surface area contributed by atoms with Crippen molar-refractivity contribution in [3.63, 3.8) is 0 Å². The molecule has 1 aromatic heterocycles. The Balaban J connectivity index is 1.63. The lowest BCUT2D eigenvalue weighted by atomic mass is 10.2. The number of fused-ring (bicyclic) bond motifs is 2. The summed E-state index contributed by atoms with van der Waals surface area (Å²) in [5.41, 5.74) is 1.92. The van der Waals surface area contributed by atoms with Crippen LogP contribution in [0.1, 0.15) is 12.7 Å². The Morgan fingerprint density at radius 1 is 1.04 bits per heavy atom. The Morgan fingerprint density at radius 3 is 2.28 bits per heavy atom. The van der Waals surface area contributed by atoms with Crippen LogP contribution in [0.3, 0.4) is 0 Å². The second-order valence-corrected chi connectivity index (χ2v) is 8.16. The zero-order valence-corrected chi connectivity index (χ0v) is 15.3. The minimum Gasteiger partial charge on any atom is -0.468 e. The van der Waals surface area contributed by atoms with Crippen LogP contribution >= 0.6 is 23.5 Å². The van der Waals surface area contributed by atoms with Gasteiger partial charge >= 0.3 is 0 Å². The lowest BCUT2D eigenvalue weighted by molar-refractivity contribution is -0.117. The number of para-hydroxylation sites is 2. The minimum atomic E-state index is -0.172. The van der Waals surface area contributed by atoms with Gasteiger partial charge in [-0.25, -0.2) is 0 Å². The third-order valence-electron chi connectivity index (χ3n) is 4.06. The van der Waals surface area contributed by atoms with E-state index in [9.17, 15) is 4.79 Å². The van der Waals surface area contributed by atoms with E-state index < -0.39 is 0 Å². The predicted molar refractivity (Wildman–Crippen MR) is 104 cm³/mol. The zero-order valence-electron chi connectivity index (χ0n) is 13.7. The monoisotopic (exact) mass is 367 g/mol. The number of nitrogens with zero attached hydrogens (tertiary/aromatic N) is 1. The second kappa shape index (κ2) is 7.02. The summed E-state index contributed by atoms with van der Waals surface area (Å²) >= 11 is 3.30. The van der Waals surface area contributed by atoms with Crippen LogP contribution in [0.4, 0.5) is 11.4 Å². The van der Waals surface area contributed by atoms with Gasteiger partial charge in [-0.05, 0) is 43.3 Å². The van der Waals surface area contributed by atoms with Crippen LogP contribution in [-0.4, -0.2) is 11.2 Å². The van der Waals surface area contributed by atoms with Crippen LogP contribution in [0.2, 0.25) is 0 Å². The highest BCUT2D eigenvalue weighted by Gasteiger charge is 2.30. The second-order valence-electron chi connectivity index (χ2n) is 5.74. The average Bonchev–Trinajstić information content (AvgIpc) is 3.17. The first kappa shape index (κ1) is 16.4. The number of carbonyl (C=O) groups excluding carboxylic acids is 1. The third-order valence-corrected chi connectivity index (χ3v) is 6.34. The highest BCUT2D eigenvalue weighted by atomic mass is 32.2. The van der Waals surface area contributed by atoms with Crippen LogP contribution in [0.5, 0.6) is 0 Å². The van der Waals surface area contributed by atoms with Crippen molar-refractivity contribution in [3.05, 3.63) is 72.7 Å². The van der Waals surface area contributed by atoms with Crippen molar-refractivity contribution < 1.29 is 9.21 Å². The molecule has 0 bridgehead atoms. The van der Waals surface area contributed by atoms with Gasteiger partial charge in [-0.15, -0.1) is 11.8 Å². The van der Waals surface area contributed by atoms with E-state index in [-0.39, 0.29) is 11.2 Å². The summed E-state index contributed by atoms with van der Waals surface area (Å²) in [6.07, 6.45) is 1.66. The number of rotatable bonds is 4. The van der Waals surface area contributed by atoms with E-state index in [1.165, 1.54) is 0 Å². The zero-order chi connectivity index (χ0) is 17.2. The van der Waals surface area contributed by atoms with Gasteiger partial charge in [0.25, 0.3) is 0 Å². The lowest BCUT2D eigenvalue weighted by Gasteiger charge is -2.32. The molecule has 2 heterocycles. The molecule has 1 unspecified atom stereocenters. The summed E-state index contributed by atoms with van der Waals surface area (Å²) < 4.78 is 5.37. The van der Waals surface area contributed by atoms with Gasteiger partial charge in [-0.2, -0.15) is 0 Å². The maximum Gasteiger partial charge on any atom is 0.244 e. The van der Waals surface area contributed by atoms with Crippen molar-refractivity contribution in [3.8, 4) is 0 Å². The normalized spacial score (nSPS) is 13.9. The smallest absolute Gasteiger partial charge is 0.244 e. The number of benzene rings is 2. The summed E-state index contributed by atoms with van der Waals surface area (Å²) in [6, 6.07) is 20.0. The van der Waals surface area contributed by atoms with Crippen molar-refractivity contribution in [2.75, 3.05) is 4.90 Å². The molecule has 0 spiro atoms. The van der Waals surface area contributed by atoms with E-state index in [0.717, 1.165) is 26.9 Å². The van der Waals surface area contributed by atoms with Gasteiger partial charge in [-0.1, -0.05) is 36.0 Å². The summed E-state index contributed by atoms with van der Waals surface area (Å²) in [4.78, 5) is 17.3. The van der Waals surface area contributed by atoms with Gasteiger partial charge in [0, 0.05) is 9.79 Å². The molecule has 5 heteroatoms. The molecule has 1 amide bonds. The van der Waals surface area contributed by atoms with Crippen molar-refractivity contribution in [1.29, 1.82) is 0 Å². The predicted octanol–water partition coefficient (Wildman–Crippen LogP) is 5.73. The molecule has 0 fully saturated rings. The topological polar surface area (TPSA) is 33.5 Å². The molecule has 1 aliphatic heterocycles. The molecule has 3 nitrogen and oxygen atoms in total. The summed E-state index contributed by atoms with van der Waals surface area (Å²) in [5, 5.41) is -0.172. The molecule has 1 aliphatic rings. The molecule has 0 N–H and O–H groups in total. The van der Waals surface area contributed by atoms with Crippen LogP contribution in [0.25, 0.3) is 0 Å². The highest BCUT2D eigenvalue weighted by Crippen LogP contribution is 2.48. The van der Waals surface area contributed by atoms with Gasteiger partial charge in [0.2, 0.25) is 5.91 Å².